The first-order valence-electron chi connectivity index (χ1n) is 7.10. The molecule has 0 heterocycles. The summed E-state index contributed by atoms with van der Waals surface area (Å²) >= 11 is 0. The Balaban J connectivity index is 2.46. The summed E-state index contributed by atoms with van der Waals surface area (Å²) in [6.07, 6.45) is 2.56. The van der Waals surface area contributed by atoms with Gasteiger partial charge in [0.2, 0.25) is 0 Å². The van der Waals surface area contributed by atoms with E-state index in [2.05, 4.69) is 4.84 Å². The molecule has 1 unspecified atom stereocenters. The molecular formula is C14H23N3O5. The fourth-order valence-electron chi connectivity index (χ4n) is 1.83. The number of hydrogen-bond donors (Lipinski definition) is 4. The van der Waals surface area contributed by atoms with E-state index in [-0.39, 0.29) is 12.0 Å². The van der Waals surface area contributed by atoms with Crippen LogP contribution >= 0.6 is 0 Å². The molecule has 6 N–H and O–H groups in total. The molecule has 0 aliphatic rings. The topological polar surface area (TPSA) is 131 Å². The fourth-order valence-corrected chi connectivity index (χ4v) is 1.83. The number of hydrogen-bond acceptors (Lipinski definition) is 8. The van der Waals surface area contributed by atoms with Gasteiger partial charge in [-0.2, -0.15) is 0 Å². The van der Waals surface area contributed by atoms with Gasteiger partial charge in [0.1, 0.15) is 11.8 Å². The minimum Gasteiger partial charge on any atom is -0.425 e. The van der Waals surface area contributed by atoms with Crippen LogP contribution in [0.15, 0.2) is 24.3 Å². The van der Waals surface area contributed by atoms with Crippen molar-refractivity contribution in [2.24, 2.45) is 11.5 Å². The third-order valence-corrected chi connectivity index (χ3v) is 2.99. The van der Waals surface area contributed by atoms with E-state index in [9.17, 15) is 4.79 Å². The standard InChI is InChI=1S/C14H23N3O5/c15-8-2-1-6-13(16)14(18)22-12-5-3-4-11(10-12)7-9-21-17(19)20/h3-5,10,13,19-20H,1-2,6-9,15-16H2. The first-order valence-corrected chi connectivity index (χ1v) is 7.10. The molecule has 8 nitrogen and oxygen atoms in total. The number of unbranched alkanes of at least 4 members (excludes halogenated alkanes) is 1. The Bertz CT molecular complexity index is 456. The van der Waals surface area contributed by atoms with Gasteiger partial charge in [0, 0.05) is 0 Å². The summed E-state index contributed by atoms with van der Waals surface area (Å²) in [5.41, 5.74) is 12.0. The SMILES string of the molecule is NCCCCC(N)C(=O)Oc1cccc(CCON(O)O)c1. The van der Waals surface area contributed by atoms with E-state index in [0.29, 0.717) is 25.1 Å². The molecule has 0 amide bonds. The lowest BCUT2D eigenvalue weighted by Crippen LogP contribution is -2.34. The lowest BCUT2D eigenvalue weighted by atomic mass is 10.1. The highest BCUT2D eigenvalue weighted by Gasteiger charge is 2.15. The maximum atomic E-state index is 11.8. The lowest BCUT2D eigenvalue weighted by molar-refractivity contribution is -0.492. The van der Waals surface area contributed by atoms with Gasteiger partial charge in [-0.3, -0.25) is 15.3 Å². The highest BCUT2D eigenvalue weighted by Crippen LogP contribution is 2.15. The van der Waals surface area contributed by atoms with Gasteiger partial charge in [-0.05, 0) is 43.5 Å². The molecule has 0 spiro atoms. The molecule has 0 saturated carbocycles. The Morgan fingerprint density at radius 1 is 1.32 bits per heavy atom. The highest BCUT2D eigenvalue weighted by atomic mass is 17.1. The predicted octanol–water partition coefficient (Wildman–Crippen LogP) is 0.603. The van der Waals surface area contributed by atoms with Crippen molar-refractivity contribution in [3.63, 3.8) is 0 Å². The Hall–Kier alpha value is -1.55. The predicted molar refractivity (Wildman–Crippen MR) is 78.0 cm³/mol. The van der Waals surface area contributed by atoms with Gasteiger partial charge >= 0.3 is 5.97 Å². The van der Waals surface area contributed by atoms with Gasteiger partial charge in [-0.25, -0.2) is 4.79 Å². The summed E-state index contributed by atoms with van der Waals surface area (Å²) < 4.78 is 5.23. The zero-order valence-electron chi connectivity index (χ0n) is 12.4. The van der Waals surface area contributed by atoms with E-state index in [1.807, 2.05) is 0 Å². The number of carbonyl (C=O) groups excluding carboxylic acids is 1. The highest BCUT2D eigenvalue weighted by molar-refractivity contribution is 5.77. The van der Waals surface area contributed by atoms with Crippen LogP contribution in [-0.2, 0) is 16.1 Å². The third kappa shape index (κ3) is 7.46. The van der Waals surface area contributed by atoms with Gasteiger partial charge in [-0.15, -0.1) is 0 Å². The van der Waals surface area contributed by atoms with Gasteiger partial charge < -0.3 is 16.2 Å². The second kappa shape index (κ2) is 10.2. The van der Waals surface area contributed by atoms with Gasteiger partial charge in [0.15, 0.2) is 0 Å². The molecule has 0 aliphatic carbocycles. The monoisotopic (exact) mass is 313 g/mol. The summed E-state index contributed by atoms with van der Waals surface area (Å²) in [4.78, 5) is 16.3. The molecule has 1 aromatic carbocycles. The van der Waals surface area contributed by atoms with Crippen molar-refractivity contribution >= 4 is 5.97 Å². The molecule has 1 rings (SSSR count). The average Bonchev–Trinajstić information content (AvgIpc) is 2.47. The molecular weight excluding hydrogens is 290 g/mol. The number of esters is 1. The van der Waals surface area contributed by atoms with E-state index >= 15 is 0 Å². The van der Waals surface area contributed by atoms with Crippen molar-refractivity contribution in [2.45, 2.75) is 31.7 Å². The maximum Gasteiger partial charge on any atom is 0.328 e. The van der Waals surface area contributed by atoms with E-state index < -0.39 is 12.0 Å². The summed E-state index contributed by atoms with van der Waals surface area (Å²) in [6, 6.07) is 6.19. The smallest absolute Gasteiger partial charge is 0.328 e. The minimum absolute atomic E-state index is 0.0724. The van der Waals surface area contributed by atoms with Crippen molar-refractivity contribution in [1.82, 2.24) is 5.39 Å². The molecule has 0 aliphatic heterocycles. The minimum atomic E-state index is -0.670. The van der Waals surface area contributed by atoms with Crippen molar-refractivity contribution in [1.29, 1.82) is 0 Å². The van der Waals surface area contributed by atoms with E-state index in [1.54, 1.807) is 24.3 Å². The Morgan fingerprint density at radius 2 is 2.09 bits per heavy atom. The van der Waals surface area contributed by atoms with E-state index in [4.69, 9.17) is 26.6 Å². The van der Waals surface area contributed by atoms with Crippen LogP contribution < -0.4 is 16.2 Å². The molecule has 0 radical (unpaired) electrons. The molecule has 0 saturated heterocycles. The molecule has 1 aromatic rings. The number of nitrogens with two attached hydrogens (primary N) is 2. The molecule has 0 fully saturated rings. The lowest BCUT2D eigenvalue weighted by Gasteiger charge is -2.12. The summed E-state index contributed by atoms with van der Waals surface area (Å²) in [5, 5.41) is 16.5. The normalized spacial score (nSPS) is 12.4. The Labute approximate surface area is 129 Å². The largest absolute Gasteiger partial charge is 0.425 e. The third-order valence-electron chi connectivity index (χ3n) is 2.99. The van der Waals surface area contributed by atoms with Crippen molar-refractivity contribution in [3.05, 3.63) is 29.8 Å². The maximum absolute atomic E-state index is 11.8. The van der Waals surface area contributed by atoms with Gasteiger partial charge in [0.25, 0.3) is 0 Å². The first-order chi connectivity index (χ1) is 10.5. The number of nitrogens with zero attached hydrogens (tertiary/aromatic N) is 1. The summed E-state index contributed by atoms with van der Waals surface area (Å²) in [6.45, 7) is 0.647. The molecule has 0 bridgehead atoms. The Kier molecular flexibility index (Phi) is 8.60. The molecule has 124 valence electrons. The molecule has 22 heavy (non-hydrogen) atoms. The molecule has 1 atom stereocenters. The average molecular weight is 313 g/mol. The number of carbonyl (C=O) groups is 1. The number of ether oxygens (including phenoxy) is 1. The number of rotatable bonds is 10. The van der Waals surface area contributed by atoms with Crippen molar-refractivity contribution in [2.75, 3.05) is 13.2 Å². The summed E-state index contributed by atoms with van der Waals surface area (Å²) in [7, 11) is 0. The zero-order valence-corrected chi connectivity index (χ0v) is 12.4. The Morgan fingerprint density at radius 3 is 2.77 bits per heavy atom. The zero-order chi connectivity index (χ0) is 16.4. The van der Waals surface area contributed by atoms with Crippen LogP contribution in [0, 0.1) is 0 Å². The summed E-state index contributed by atoms with van der Waals surface area (Å²) in [5.74, 6) is -0.0936. The van der Waals surface area contributed by atoms with Crippen LogP contribution in [0.2, 0.25) is 0 Å². The van der Waals surface area contributed by atoms with Crippen LogP contribution in [0.3, 0.4) is 0 Å². The van der Waals surface area contributed by atoms with Crippen LogP contribution in [0.5, 0.6) is 5.75 Å². The molecule has 8 heteroatoms. The second-order valence-electron chi connectivity index (χ2n) is 4.80. The van der Waals surface area contributed by atoms with Gasteiger partial charge in [-0.1, -0.05) is 18.6 Å². The van der Waals surface area contributed by atoms with E-state index in [1.165, 1.54) is 0 Å². The fraction of sp³-hybridized carbons (Fsp3) is 0.500. The second-order valence-corrected chi connectivity index (χ2v) is 4.80. The molecule has 0 aromatic heterocycles. The van der Waals surface area contributed by atoms with Gasteiger partial charge in [0.05, 0.1) is 12.0 Å². The van der Waals surface area contributed by atoms with Crippen molar-refractivity contribution < 1.29 is 24.8 Å². The first kappa shape index (κ1) is 18.5. The van der Waals surface area contributed by atoms with Crippen LogP contribution in [-0.4, -0.2) is 41.0 Å². The van der Waals surface area contributed by atoms with Crippen LogP contribution in [0.4, 0.5) is 0 Å². The van der Waals surface area contributed by atoms with Crippen LogP contribution in [0.25, 0.3) is 0 Å². The quantitative estimate of drug-likeness (QED) is 0.214. The van der Waals surface area contributed by atoms with Crippen LogP contribution in [0.1, 0.15) is 24.8 Å². The van der Waals surface area contributed by atoms with E-state index in [0.717, 1.165) is 18.4 Å². The van der Waals surface area contributed by atoms with Crippen molar-refractivity contribution in [3.8, 4) is 5.75 Å². The number of benzene rings is 1.